The van der Waals surface area contributed by atoms with Crippen molar-refractivity contribution in [3.8, 4) is 0 Å². The Morgan fingerprint density at radius 3 is 2.76 bits per heavy atom. The molecule has 1 aliphatic carbocycles. The topological polar surface area (TPSA) is 69.6 Å². The standard InChI is InChI=1S/C14H22N4O2S/c1-3-5-8-14(20)9-17(4-2)13(19)18(14)12-16-15-11(21-12)10-6-7-10/h10,20H,3-9H2,1-2H3. The Balaban J connectivity index is 1.88. The van der Waals surface area contributed by atoms with Crippen LogP contribution in [-0.4, -0.2) is 45.0 Å². The number of unbranched alkanes of at least 4 members (excludes halogenated alkanes) is 1. The SMILES string of the molecule is CCCCC1(O)CN(CC)C(=O)N1c1nnc(C2CC2)s1. The van der Waals surface area contributed by atoms with Crippen LogP contribution in [0.3, 0.4) is 0 Å². The molecule has 6 nitrogen and oxygen atoms in total. The van der Waals surface area contributed by atoms with Crippen molar-refractivity contribution >= 4 is 22.5 Å². The molecule has 0 aromatic carbocycles. The highest BCUT2D eigenvalue weighted by atomic mass is 32.1. The van der Waals surface area contributed by atoms with Gasteiger partial charge in [-0.25, -0.2) is 9.69 Å². The zero-order chi connectivity index (χ0) is 15.0. The van der Waals surface area contributed by atoms with E-state index < -0.39 is 5.72 Å². The molecular weight excluding hydrogens is 288 g/mol. The van der Waals surface area contributed by atoms with E-state index >= 15 is 0 Å². The summed E-state index contributed by atoms with van der Waals surface area (Å²) in [7, 11) is 0. The number of aromatic nitrogens is 2. The molecule has 1 saturated heterocycles. The summed E-state index contributed by atoms with van der Waals surface area (Å²) in [5.41, 5.74) is -1.15. The highest BCUT2D eigenvalue weighted by molar-refractivity contribution is 7.15. The Hall–Kier alpha value is -1.21. The van der Waals surface area contributed by atoms with Crippen molar-refractivity contribution in [3.63, 3.8) is 0 Å². The van der Waals surface area contributed by atoms with Crippen LogP contribution in [0.15, 0.2) is 0 Å². The maximum atomic E-state index is 12.5. The molecule has 116 valence electrons. The van der Waals surface area contributed by atoms with Crippen LogP contribution in [0.1, 0.15) is 56.9 Å². The molecule has 21 heavy (non-hydrogen) atoms. The van der Waals surface area contributed by atoms with Crippen molar-refractivity contribution in [2.24, 2.45) is 0 Å². The van der Waals surface area contributed by atoms with Gasteiger partial charge in [0.25, 0.3) is 0 Å². The van der Waals surface area contributed by atoms with E-state index in [-0.39, 0.29) is 6.03 Å². The molecule has 3 rings (SSSR count). The molecule has 2 fully saturated rings. The van der Waals surface area contributed by atoms with E-state index in [1.165, 1.54) is 16.2 Å². The summed E-state index contributed by atoms with van der Waals surface area (Å²) in [5, 5.41) is 20.9. The van der Waals surface area contributed by atoms with Crippen LogP contribution in [0.4, 0.5) is 9.93 Å². The fourth-order valence-corrected chi connectivity index (χ4v) is 3.83. The van der Waals surface area contributed by atoms with Gasteiger partial charge in [0.2, 0.25) is 5.13 Å². The first-order valence-corrected chi connectivity index (χ1v) is 8.55. The highest BCUT2D eigenvalue weighted by Crippen LogP contribution is 2.44. The summed E-state index contributed by atoms with van der Waals surface area (Å²) in [6, 6.07) is -0.158. The third-order valence-electron chi connectivity index (χ3n) is 4.18. The first-order chi connectivity index (χ1) is 10.1. The summed E-state index contributed by atoms with van der Waals surface area (Å²) < 4.78 is 0. The summed E-state index contributed by atoms with van der Waals surface area (Å²) in [4.78, 5) is 15.7. The Kier molecular flexibility index (Phi) is 3.88. The largest absolute Gasteiger partial charge is 0.368 e. The second-order valence-electron chi connectivity index (χ2n) is 5.92. The maximum absolute atomic E-state index is 12.5. The normalized spacial score (nSPS) is 26.0. The van der Waals surface area contributed by atoms with E-state index in [4.69, 9.17) is 0 Å². The van der Waals surface area contributed by atoms with Gasteiger partial charge in [0.05, 0.1) is 6.54 Å². The molecule has 1 N–H and O–H groups in total. The molecule has 1 atom stereocenters. The van der Waals surface area contributed by atoms with Gasteiger partial charge in [0.1, 0.15) is 5.01 Å². The third-order valence-corrected chi connectivity index (χ3v) is 5.25. The van der Waals surface area contributed by atoms with Crippen molar-refractivity contribution in [2.45, 2.75) is 57.6 Å². The number of hydrogen-bond donors (Lipinski definition) is 1. The molecule has 0 radical (unpaired) electrons. The van der Waals surface area contributed by atoms with Gasteiger partial charge in [0.15, 0.2) is 5.72 Å². The number of carbonyl (C=O) groups excluding carboxylic acids is 1. The smallest absolute Gasteiger partial charge is 0.328 e. The number of amides is 2. The highest BCUT2D eigenvalue weighted by Gasteiger charge is 2.50. The average molecular weight is 310 g/mol. The Bertz CT molecular complexity index is 531. The van der Waals surface area contributed by atoms with Crippen molar-refractivity contribution < 1.29 is 9.90 Å². The zero-order valence-electron chi connectivity index (χ0n) is 12.6. The molecule has 1 saturated carbocycles. The fraction of sp³-hybridized carbons (Fsp3) is 0.786. The van der Waals surface area contributed by atoms with Crippen molar-refractivity contribution in [1.82, 2.24) is 15.1 Å². The molecule has 1 aliphatic heterocycles. The van der Waals surface area contributed by atoms with E-state index in [1.54, 1.807) is 4.90 Å². The van der Waals surface area contributed by atoms with Crippen LogP contribution in [-0.2, 0) is 0 Å². The van der Waals surface area contributed by atoms with E-state index in [1.807, 2.05) is 6.92 Å². The predicted octanol–water partition coefficient (Wildman–Crippen LogP) is 2.56. The quantitative estimate of drug-likeness (QED) is 0.876. The van der Waals surface area contributed by atoms with Gasteiger partial charge in [-0.05, 0) is 32.6 Å². The van der Waals surface area contributed by atoms with Gasteiger partial charge in [-0.2, -0.15) is 0 Å². The lowest BCUT2D eigenvalue weighted by Gasteiger charge is -2.29. The van der Waals surface area contributed by atoms with Gasteiger partial charge >= 0.3 is 6.03 Å². The van der Waals surface area contributed by atoms with Gasteiger partial charge < -0.3 is 10.0 Å². The molecule has 0 bridgehead atoms. The van der Waals surface area contributed by atoms with Gasteiger partial charge in [0, 0.05) is 12.5 Å². The number of aliphatic hydroxyl groups is 1. The molecule has 1 aromatic heterocycles. The molecule has 1 unspecified atom stereocenters. The summed E-state index contributed by atoms with van der Waals surface area (Å²) >= 11 is 1.45. The van der Waals surface area contributed by atoms with E-state index in [0.717, 1.165) is 30.7 Å². The van der Waals surface area contributed by atoms with Crippen LogP contribution in [0.5, 0.6) is 0 Å². The van der Waals surface area contributed by atoms with Crippen molar-refractivity contribution in [1.29, 1.82) is 0 Å². The van der Waals surface area contributed by atoms with E-state index in [0.29, 0.717) is 30.6 Å². The molecule has 2 amide bonds. The number of nitrogens with zero attached hydrogens (tertiary/aromatic N) is 4. The van der Waals surface area contributed by atoms with Crippen LogP contribution in [0.2, 0.25) is 0 Å². The van der Waals surface area contributed by atoms with Crippen LogP contribution in [0.25, 0.3) is 0 Å². The lowest BCUT2D eigenvalue weighted by atomic mass is 10.1. The molecule has 2 heterocycles. The fourth-order valence-electron chi connectivity index (χ4n) is 2.73. The maximum Gasteiger partial charge on any atom is 0.328 e. The number of β-amino-alcohol motifs (C(OH)–C–C–N with tert-alkyl or cyclic N) is 1. The third kappa shape index (κ3) is 2.64. The van der Waals surface area contributed by atoms with Crippen molar-refractivity contribution in [2.75, 3.05) is 18.0 Å². The average Bonchev–Trinajstić information content (AvgIpc) is 3.16. The minimum absolute atomic E-state index is 0.158. The summed E-state index contributed by atoms with van der Waals surface area (Å²) in [6.07, 6.45) is 4.75. The first kappa shape index (κ1) is 14.7. The number of hydrogen-bond acceptors (Lipinski definition) is 5. The predicted molar refractivity (Wildman–Crippen MR) is 81.5 cm³/mol. The Morgan fingerprint density at radius 1 is 1.38 bits per heavy atom. The monoisotopic (exact) mass is 310 g/mol. The molecule has 1 aromatic rings. The Morgan fingerprint density at radius 2 is 2.14 bits per heavy atom. The number of likely N-dealkylation sites (N-methyl/N-ethyl adjacent to an activating group) is 1. The molecule has 2 aliphatic rings. The lowest BCUT2D eigenvalue weighted by Crippen LogP contribution is -2.47. The zero-order valence-corrected chi connectivity index (χ0v) is 13.4. The Labute approximate surface area is 128 Å². The van der Waals surface area contributed by atoms with Crippen LogP contribution < -0.4 is 4.90 Å². The molecule has 0 spiro atoms. The number of anilines is 1. The second-order valence-corrected chi connectivity index (χ2v) is 6.90. The second kappa shape index (κ2) is 5.53. The lowest BCUT2D eigenvalue weighted by molar-refractivity contribution is 0.0408. The summed E-state index contributed by atoms with van der Waals surface area (Å²) in [6.45, 7) is 4.95. The molecular formula is C14H22N4O2S. The van der Waals surface area contributed by atoms with Crippen LogP contribution >= 0.6 is 11.3 Å². The first-order valence-electron chi connectivity index (χ1n) is 7.74. The van der Waals surface area contributed by atoms with Gasteiger partial charge in [-0.15, -0.1) is 10.2 Å². The number of carbonyl (C=O) groups is 1. The minimum atomic E-state index is -1.15. The number of urea groups is 1. The van der Waals surface area contributed by atoms with Gasteiger partial charge in [-0.3, -0.25) is 0 Å². The van der Waals surface area contributed by atoms with Crippen molar-refractivity contribution in [3.05, 3.63) is 5.01 Å². The number of rotatable bonds is 6. The molecule has 7 heteroatoms. The van der Waals surface area contributed by atoms with E-state index in [2.05, 4.69) is 17.1 Å². The minimum Gasteiger partial charge on any atom is -0.368 e. The summed E-state index contributed by atoms with van der Waals surface area (Å²) in [5.74, 6) is 0.514. The van der Waals surface area contributed by atoms with Gasteiger partial charge in [-0.1, -0.05) is 24.7 Å². The van der Waals surface area contributed by atoms with E-state index in [9.17, 15) is 9.90 Å². The van der Waals surface area contributed by atoms with Crippen LogP contribution in [0, 0.1) is 0 Å².